The fourth-order valence-electron chi connectivity index (χ4n) is 3.07. The minimum absolute atomic E-state index is 0.0387. The van der Waals surface area contributed by atoms with Gasteiger partial charge in [-0.05, 0) is 37.3 Å². The van der Waals surface area contributed by atoms with Crippen LogP contribution in [0.2, 0.25) is 0 Å². The number of aliphatic imine (C=N–C) groups is 1. The van der Waals surface area contributed by atoms with Crippen molar-refractivity contribution in [2.45, 2.75) is 17.9 Å². The predicted octanol–water partition coefficient (Wildman–Crippen LogP) is 0.871. The van der Waals surface area contributed by atoms with Gasteiger partial charge in [0.2, 0.25) is 0 Å². The number of hydrogen-bond acceptors (Lipinski definition) is 8. The second-order valence-electron chi connectivity index (χ2n) is 6.83. The van der Waals surface area contributed by atoms with Crippen LogP contribution < -0.4 is 14.8 Å². The van der Waals surface area contributed by atoms with Gasteiger partial charge in [-0.1, -0.05) is 12.1 Å². The molecule has 2 N–H and O–H groups in total. The van der Waals surface area contributed by atoms with E-state index in [1.165, 1.54) is 25.1 Å². The summed E-state index contributed by atoms with van der Waals surface area (Å²) in [6.07, 6.45) is 0. The number of esters is 1. The van der Waals surface area contributed by atoms with Gasteiger partial charge in [-0.15, -0.1) is 0 Å². The maximum Gasteiger partial charge on any atom is 0.331 e. The van der Waals surface area contributed by atoms with E-state index in [1.807, 2.05) is 0 Å². The van der Waals surface area contributed by atoms with Crippen LogP contribution in [-0.4, -0.2) is 51.2 Å². The maximum absolute atomic E-state index is 12.4. The third kappa shape index (κ3) is 4.12. The molecule has 0 fully saturated rings. The van der Waals surface area contributed by atoms with Crippen LogP contribution in [0.5, 0.6) is 5.75 Å². The number of nitrogens with zero attached hydrogens (tertiary/aromatic N) is 1. The number of rotatable bonds is 5. The van der Waals surface area contributed by atoms with Gasteiger partial charge in [-0.2, -0.15) is 0 Å². The number of nitrogens with one attached hydrogen (secondary N) is 2. The summed E-state index contributed by atoms with van der Waals surface area (Å²) in [5.41, 5.74) is 0.950. The van der Waals surface area contributed by atoms with Gasteiger partial charge >= 0.3 is 5.97 Å². The first-order valence-electron chi connectivity index (χ1n) is 9.21. The summed E-state index contributed by atoms with van der Waals surface area (Å²) in [6.45, 7) is 0.795. The zero-order valence-corrected chi connectivity index (χ0v) is 17.1. The molecular formula is C20H17N3O7S. The van der Waals surface area contributed by atoms with Crippen LogP contribution in [0.1, 0.15) is 22.8 Å². The minimum atomic E-state index is -3.73. The number of sulfonamides is 1. The van der Waals surface area contributed by atoms with Crippen molar-refractivity contribution in [2.24, 2.45) is 4.99 Å². The third-order valence-corrected chi connectivity index (χ3v) is 6.00. The molecule has 1 unspecified atom stereocenters. The van der Waals surface area contributed by atoms with Crippen molar-refractivity contribution in [3.8, 4) is 5.75 Å². The van der Waals surface area contributed by atoms with Gasteiger partial charge in [0, 0.05) is 11.1 Å². The van der Waals surface area contributed by atoms with E-state index in [-0.39, 0.29) is 28.8 Å². The Balaban J connectivity index is 1.41. The van der Waals surface area contributed by atoms with E-state index in [1.54, 1.807) is 24.3 Å². The quantitative estimate of drug-likeness (QED) is 0.516. The topological polar surface area (TPSA) is 140 Å². The highest BCUT2D eigenvalue weighted by Crippen LogP contribution is 2.28. The number of amidine groups is 1. The molecule has 11 heteroatoms. The molecule has 0 bridgehead atoms. The van der Waals surface area contributed by atoms with Crippen molar-refractivity contribution >= 4 is 39.2 Å². The van der Waals surface area contributed by atoms with Crippen LogP contribution in [0.15, 0.2) is 52.4 Å². The number of benzene rings is 2. The van der Waals surface area contributed by atoms with Gasteiger partial charge in [-0.25, -0.2) is 13.2 Å². The highest BCUT2D eigenvalue weighted by molar-refractivity contribution is 7.90. The average molecular weight is 443 g/mol. The monoisotopic (exact) mass is 443 g/mol. The molecule has 2 aliphatic heterocycles. The Labute approximate surface area is 177 Å². The molecule has 2 heterocycles. The molecule has 2 aromatic carbocycles. The van der Waals surface area contributed by atoms with Gasteiger partial charge in [0.25, 0.3) is 15.9 Å². The highest BCUT2D eigenvalue weighted by Gasteiger charge is 2.31. The molecular weight excluding hydrogens is 426 g/mol. The summed E-state index contributed by atoms with van der Waals surface area (Å²) in [4.78, 5) is 40.2. The number of carbonyl (C=O) groups is 3. The number of ketones is 1. The molecule has 0 saturated heterocycles. The lowest BCUT2D eigenvalue weighted by molar-refractivity contribution is -0.143. The lowest BCUT2D eigenvalue weighted by Crippen LogP contribution is -2.28. The molecule has 0 saturated carbocycles. The number of amides is 1. The molecule has 0 aliphatic carbocycles. The van der Waals surface area contributed by atoms with Crippen LogP contribution in [0.25, 0.3) is 0 Å². The lowest BCUT2D eigenvalue weighted by atomic mass is 10.1. The number of anilines is 1. The molecule has 0 radical (unpaired) electrons. The molecule has 4 rings (SSSR count). The maximum atomic E-state index is 12.4. The Morgan fingerprint density at radius 2 is 2.00 bits per heavy atom. The van der Waals surface area contributed by atoms with Crippen LogP contribution in [0.3, 0.4) is 0 Å². The normalized spacial score (nSPS) is 18.1. The van der Waals surface area contributed by atoms with E-state index in [9.17, 15) is 22.8 Å². The zero-order valence-electron chi connectivity index (χ0n) is 16.2. The largest absolute Gasteiger partial charge is 0.482 e. The summed E-state index contributed by atoms with van der Waals surface area (Å²) >= 11 is 0. The standard InChI is InChI=1S/C20H17N3O7S/c1-11(21-19-13-4-2-3-5-17(13)31(27,28)23-19)20(26)30-9-15(24)12-6-7-16-14(8-12)22-18(25)10-29-16/h2-8,11H,9-10H2,1H3,(H,21,23)(H,22,25). The van der Waals surface area contributed by atoms with Crippen molar-refractivity contribution in [2.75, 3.05) is 18.5 Å². The van der Waals surface area contributed by atoms with E-state index in [4.69, 9.17) is 9.47 Å². The van der Waals surface area contributed by atoms with Gasteiger partial charge in [0.05, 0.1) is 10.6 Å². The SMILES string of the molecule is CC(N=C1NS(=O)(=O)c2ccccc21)C(=O)OCC(=O)c1ccc2c(c1)NC(=O)CO2. The van der Waals surface area contributed by atoms with E-state index < -0.39 is 34.4 Å². The second-order valence-corrected chi connectivity index (χ2v) is 8.48. The Morgan fingerprint density at radius 3 is 2.81 bits per heavy atom. The van der Waals surface area contributed by atoms with Crippen molar-refractivity contribution in [3.63, 3.8) is 0 Å². The molecule has 1 amide bonds. The summed E-state index contributed by atoms with van der Waals surface area (Å²) in [5, 5.41) is 2.60. The molecule has 10 nitrogen and oxygen atoms in total. The average Bonchev–Trinajstić information content (AvgIpc) is 3.01. The summed E-state index contributed by atoms with van der Waals surface area (Å²) in [7, 11) is -3.73. The van der Waals surface area contributed by atoms with Crippen LogP contribution in [0, 0.1) is 0 Å². The molecule has 0 spiro atoms. The number of ether oxygens (including phenoxy) is 2. The molecule has 0 aromatic heterocycles. The van der Waals surface area contributed by atoms with Crippen molar-refractivity contribution in [3.05, 3.63) is 53.6 Å². The third-order valence-electron chi connectivity index (χ3n) is 4.61. The summed E-state index contributed by atoms with van der Waals surface area (Å²) < 4.78 is 36.8. The van der Waals surface area contributed by atoms with E-state index in [2.05, 4.69) is 15.0 Å². The Bertz CT molecular complexity index is 1240. The first-order valence-corrected chi connectivity index (χ1v) is 10.7. The van der Waals surface area contributed by atoms with E-state index >= 15 is 0 Å². The van der Waals surface area contributed by atoms with Crippen LogP contribution in [-0.2, 0) is 24.3 Å². The van der Waals surface area contributed by atoms with Crippen LogP contribution in [0.4, 0.5) is 5.69 Å². The number of carbonyl (C=O) groups excluding carboxylic acids is 3. The smallest absolute Gasteiger partial charge is 0.331 e. The van der Waals surface area contributed by atoms with Gasteiger partial charge < -0.3 is 14.8 Å². The minimum Gasteiger partial charge on any atom is -0.482 e. The fraction of sp³-hybridized carbons (Fsp3) is 0.200. The Hall–Kier alpha value is -3.73. The van der Waals surface area contributed by atoms with Gasteiger partial charge in [-0.3, -0.25) is 19.3 Å². The fourth-order valence-corrected chi connectivity index (χ4v) is 4.31. The highest BCUT2D eigenvalue weighted by atomic mass is 32.2. The molecule has 31 heavy (non-hydrogen) atoms. The number of fused-ring (bicyclic) bond motifs is 2. The van der Waals surface area contributed by atoms with Crippen LogP contribution >= 0.6 is 0 Å². The van der Waals surface area contributed by atoms with Crippen molar-refractivity contribution in [1.82, 2.24) is 4.72 Å². The molecule has 1 atom stereocenters. The Morgan fingerprint density at radius 1 is 1.23 bits per heavy atom. The van der Waals surface area contributed by atoms with Gasteiger partial charge in [0.1, 0.15) is 17.6 Å². The van der Waals surface area contributed by atoms with Crippen molar-refractivity contribution in [1.29, 1.82) is 0 Å². The first-order chi connectivity index (χ1) is 14.7. The second kappa shape index (κ2) is 7.84. The predicted molar refractivity (Wildman–Crippen MR) is 109 cm³/mol. The number of hydrogen-bond donors (Lipinski definition) is 2. The van der Waals surface area contributed by atoms with Crippen molar-refractivity contribution < 1.29 is 32.3 Å². The molecule has 2 aromatic rings. The van der Waals surface area contributed by atoms with E-state index in [0.717, 1.165) is 0 Å². The zero-order chi connectivity index (χ0) is 22.2. The number of Topliss-reactive ketones (excluding diaryl/α,β-unsaturated/α-hetero) is 1. The van der Waals surface area contributed by atoms with E-state index in [0.29, 0.717) is 17.0 Å². The lowest BCUT2D eigenvalue weighted by Gasteiger charge is -2.18. The summed E-state index contributed by atoms with van der Waals surface area (Å²) in [5.74, 6) is -1.13. The summed E-state index contributed by atoms with van der Waals surface area (Å²) in [6, 6.07) is 9.69. The Kier molecular flexibility index (Phi) is 5.19. The molecule has 2 aliphatic rings. The first kappa shape index (κ1) is 20.5. The van der Waals surface area contributed by atoms with Gasteiger partial charge in [0.15, 0.2) is 19.0 Å². The molecule has 160 valence electrons.